The zero-order chi connectivity index (χ0) is 23.8. The molecular weight excluding hydrogens is 428 g/mol. The highest BCUT2D eigenvalue weighted by Gasteiger charge is 2.26. The van der Waals surface area contributed by atoms with Gasteiger partial charge in [-0.1, -0.05) is 12.1 Å². The second-order valence-corrected chi connectivity index (χ2v) is 7.91. The Bertz CT molecular complexity index is 971. The van der Waals surface area contributed by atoms with E-state index >= 15 is 0 Å². The Morgan fingerprint density at radius 1 is 0.788 bits per heavy atom. The number of methoxy groups -OCH3 is 2. The van der Waals surface area contributed by atoms with Crippen molar-refractivity contribution in [1.29, 1.82) is 0 Å². The topological polar surface area (TPSA) is 89.5 Å². The Balaban J connectivity index is 1.86. The van der Waals surface area contributed by atoms with Gasteiger partial charge in [-0.15, -0.1) is 0 Å². The summed E-state index contributed by atoms with van der Waals surface area (Å²) in [7, 11) is 3.17. The van der Waals surface area contributed by atoms with Gasteiger partial charge in [0.2, 0.25) is 6.79 Å². The van der Waals surface area contributed by atoms with Crippen LogP contribution < -0.4 is 18.9 Å². The molecule has 0 amide bonds. The minimum absolute atomic E-state index is 0.110. The van der Waals surface area contributed by atoms with Crippen molar-refractivity contribution < 1.29 is 38.0 Å². The lowest BCUT2D eigenvalue weighted by atomic mass is 9.83. The number of benzene rings is 2. The summed E-state index contributed by atoms with van der Waals surface area (Å²) in [6.07, 6.45) is 1.19. The molecule has 3 rings (SSSR count). The molecule has 0 radical (unpaired) electrons. The van der Waals surface area contributed by atoms with E-state index in [-0.39, 0.29) is 43.8 Å². The number of ether oxygens (including phenoxy) is 6. The van der Waals surface area contributed by atoms with Gasteiger partial charge in [0.15, 0.2) is 23.0 Å². The minimum atomic E-state index is -0.360. The molecule has 0 aliphatic carbocycles. The largest absolute Gasteiger partial charge is 0.493 e. The molecule has 2 atom stereocenters. The van der Waals surface area contributed by atoms with Gasteiger partial charge in [0, 0.05) is 25.7 Å². The molecule has 2 aromatic carbocycles. The number of fused-ring (bicyclic) bond motifs is 1. The van der Waals surface area contributed by atoms with E-state index in [0.717, 1.165) is 11.1 Å². The van der Waals surface area contributed by atoms with E-state index in [4.69, 9.17) is 28.4 Å². The van der Waals surface area contributed by atoms with Gasteiger partial charge in [0.1, 0.15) is 0 Å². The van der Waals surface area contributed by atoms with Crippen LogP contribution in [-0.4, -0.2) is 46.2 Å². The first-order valence-electron chi connectivity index (χ1n) is 10.8. The first kappa shape index (κ1) is 24.2. The van der Waals surface area contributed by atoms with Crippen LogP contribution in [0.1, 0.15) is 25.0 Å². The smallest absolute Gasteiger partial charge is 0.302 e. The van der Waals surface area contributed by atoms with Crippen molar-refractivity contribution in [2.45, 2.75) is 26.7 Å². The number of carbonyl (C=O) groups excluding carboxylic acids is 2. The van der Waals surface area contributed by atoms with Crippen LogP contribution >= 0.6 is 0 Å². The number of hydrogen-bond acceptors (Lipinski definition) is 8. The molecule has 0 unspecified atom stereocenters. The zero-order valence-electron chi connectivity index (χ0n) is 19.4. The normalized spacial score (nSPS) is 13.7. The van der Waals surface area contributed by atoms with Crippen molar-refractivity contribution in [2.24, 2.45) is 11.8 Å². The Hall–Kier alpha value is -3.42. The van der Waals surface area contributed by atoms with E-state index in [1.165, 1.54) is 13.8 Å². The van der Waals surface area contributed by atoms with E-state index in [0.29, 0.717) is 35.8 Å². The zero-order valence-corrected chi connectivity index (χ0v) is 19.4. The van der Waals surface area contributed by atoms with E-state index in [2.05, 4.69) is 0 Å². The van der Waals surface area contributed by atoms with Gasteiger partial charge in [0.25, 0.3) is 0 Å². The van der Waals surface area contributed by atoms with E-state index in [1.807, 2.05) is 36.4 Å². The molecule has 0 fully saturated rings. The molecule has 0 saturated carbocycles. The number of hydrogen-bond donors (Lipinski definition) is 0. The van der Waals surface area contributed by atoms with E-state index in [9.17, 15) is 9.59 Å². The second kappa shape index (κ2) is 11.4. The van der Waals surface area contributed by atoms with Crippen LogP contribution in [-0.2, 0) is 31.9 Å². The molecular formula is C25H30O8. The van der Waals surface area contributed by atoms with Crippen molar-refractivity contribution in [1.82, 2.24) is 0 Å². The third-order valence-corrected chi connectivity index (χ3v) is 5.55. The standard InChI is InChI=1S/C25H30O8/c1-16(26)30-13-20(9-18-5-7-22(28-3)24(11-18)29-4)21(14-31-17(2)27)10-19-6-8-23-25(12-19)33-15-32-23/h5-8,11-12,20-21H,9-10,13-15H2,1-4H3/t20-,21+/m1/s1. The van der Waals surface area contributed by atoms with Gasteiger partial charge in [0.05, 0.1) is 27.4 Å². The predicted molar refractivity (Wildman–Crippen MR) is 120 cm³/mol. The second-order valence-electron chi connectivity index (χ2n) is 7.91. The average Bonchev–Trinajstić information content (AvgIpc) is 3.27. The Morgan fingerprint density at radius 2 is 1.33 bits per heavy atom. The molecule has 0 saturated heterocycles. The summed E-state index contributed by atoms with van der Waals surface area (Å²) < 4.78 is 32.4. The Morgan fingerprint density at radius 3 is 1.91 bits per heavy atom. The van der Waals surface area contributed by atoms with Gasteiger partial charge < -0.3 is 28.4 Å². The molecule has 0 aromatic heterocycles. The van der Waals surface area contributed by atoms with Crippen LogP contribution in [0.2, 0.25) is 0 Å². The van der Waals surface area contributed by atoms with E-state index < -0.39 is 0 Å². The van der Waals surface area contributed by atoms with E-state index in [1.54, 1.807) is 14.2 Å². The highest BCUT2D eigenvalue weighted by molar-refractivity contribution is 5.66. The lowest BCUT2D eigenvalue weighted by molar-refractivity contribution is -0.147. The van der Waals surface area contributed by atoms with Crippen LogP contribution in [0.25, 0.3) is 0 Å². The first-order valence-corrected chi connectivity index (χ1v) is 10.8. The third-order valence-electron chi connectivity index (χ3n) is 5.55. The summed E-state index contributed by atoms with van der Waals surface area (Å²) in [6.45, 7) is 3.35. The molecule has 8 heteroatoms. The highest BCUT2D eigenvalue weighted by Crippen LogP contribution is 2.35. The molecule has 0 bridgehead atoms. The van der Waals surface area contributed by atoms with Crippen molar-refractivity contribution in [2.75, 3.05) is 34.2 Å². The van der Waals surface area contributed by atoms with Gasteiger partial charge >= 0.3 is 11.9 Å². The molecule has 1 aliphatic rings. The molecule has 2 aromatic rings. The lowest BCUT2D eigenvalue weighted by Crippen LogP contribution is -2.29. The Kier molecular flexibility index (Phi) is 8.40. The van der Waals surface area contributed by atoms with Crippen LogP contribution in [0.3, 0.4) is 0 Å². The van der Waals surface area contributed by atoms with Crippen LogP contribution in [0, 0.1) is 11.8 Å². The van der Waals surface area contributed by atoms with Crippen LogP contribution in [0.5, 0.6) is 23.0 Å². The highest BCUT2D eigenvalue weighted by atomic mass is 16.7. The van der Waals surface area contributed by atoms with Gasteiger partial charge in [-0.25, -0.2) is 0 Å². The Labute approximate surface area is 193 Å². The van der Waals surface area contributed by atoms with Crippen LogP contribution in [0.4, 0.5) is 0 Å². The molecule has 1 aliphatic heterocycles. The number of carbonyl (C=O) groups is 2. The monoisotopic (exact) mass is 458 g/mol. The molecule has 0 spiro atoms. The summed E-state index contributed by atoms with van der Waals surface area (Å²) in [4.78, 5) is 23.2. The van der Waals surface area contributed by atoms with Gasteiger partial charge in [-0.3, -0.25) is 9.59 Å². The van der Waals surface area contributed by atoms with Gasteiger partial charge in [-0.05, 0) is 48.2 Å². The predicted octanol–water partition coefficient (Wildman–Crippen LogP) is 3.58. The van der Waals surface area contributed by atoms with Crippen molar-refractivity contribution >= 4 is 11.9 Å². The fourth-order valence-corrected chi connectivity index (χ4v) is 3.85. The maximum absolute atomic E-state index is 11.6. The molecule has 178 valence electrons. The van der Waals surface area contributed by atoms with Crippen molar-refractivity contribution in [3.8, 4) is 23.0 Å². The molecule has 33 heavy (non-hydrogen) atoms. The summed E-state index contributed by atoms with van der Waals surface area (Å²) >= 11 is 0. The third kappa shape index (κ3) is 6.78. The minimum Gasteiger partial charge on any atom is -0.493 e. The fraction of sp³-hybridized carbons (Fsp3) is 0.440. The maximum Gasteiger partial charge on any atom is 0.302 e. The lowest BCUT2D eigenvalue weighted by Gasteiger charge is -2.27. The van der Waals surface area contributed by atoms with Crippen molar-refractivity contribution in [3.63, 3.8) is 0 Å². The molecule has 0 N–H and O–H groups in total. The summed E-state index contributed by atoms with van der Waals surface area (Å²) in [5, 5.41) is 0. The maximum atomic E-state index is 11.6. The number of esters is 2. The fourth-order valence-electron chi connectivity index (χ4n) is 3.85. The average molecular weight is 459 g/mol. The number of rotatable bonds is 11. The summed E-state index contributed by atoms with van der Waals surface area (Å²) in [5.41, 5.74) is 2.00. The summed E-state index contributed by atoms with van der Waals surface area (Å²) in [6, 6.07) is 11.5. The SMILES string of the molecule is COc1ccc(C[C@H](COC(C)=O)[C@H](COC(C)=O)Cc2ccc3c(c2)OCO3)cc1OC. The first-order chi connectivity index (χ1) is 15.9. The van der Waals surface area contributed by atoms with Gasteiger partial charge in [-0.2, -0.15) is 0 Å². The molecule has 1 heterocycles. The quantitative estimate of drug-likeness (QED) is 0.472. The summed E-state index contributed by atoms with van der Waals surface area (Å²) in [5.74, 6) is 1.71. The molecule has 8 nitrogen and oxygen atoms in total. The van der Waals surface area contributed by atoms with Crippen molar-refractivity contribution in [3.05, 3.63) is 47.5 Å². The van der Waals surface area contributed by atoms with Crippen LogP contribution in [0.15, 0.2) is 36.4 Å².